The lowest BCUT2D eigenvalue weighted by molar-refractivity contribution is -0.117. The fourth-order valence-corrected chi connectivity index (χ4v) is 5.76. The molecule has 39 heavy (non-hydrogen) atoms. The Hall–Kier alpha value is -4.54. The van der Waals surface area contributed by atoms with Gasteiger partial charge in [0.15, 0.2) is 0 Å². The maximum atomic E-state index is 15.3. The third-order valence-corrected chi connectivity index (χ3v) is 7.73. The molecule has 0 spiro atoms. The third kappa shape index (κ3) is 4.23. The van der Waals surface area contributed by atoms with Gasteiger partial charge in [0.2, 0.25) is 11.8 Å². The zero-order valence-corrected chi connectivity index (χ0v) is 21.7. The quantitative estimate of drug-likeness (QED) is 0.382. The Morgan fingerprint density at radius 1 is 1.15 bits per heavy atom. The largest absolute Gasteiger partial charge is 0.474 e. The van der Waals surface area contributed by atoms with Gasteiger partial charge in [0.25, 0.3) is 0 Å². The summed E-state index contributed by atoms with van der Waals surface area (Å²) in [6, 6.07) is 4.75. The van der Waals surface area contributed by atoms with Crippen LogP contribution in [0.5, 0.6) is 5.88 Å². The van der Waals surface area contributed by atoms with Crippen LogP contribution in [0.2, 0.25) is 0 Å². The van der Waals surface area contributed by atoms with Crippen molar-refractivity contribution in [1.29, 1.82) is 0 Å². The first-order valence-electron chi connectivity index (χ1n) is 12.8. The van der Waals surface area contributed by atoms with Gasteiger partial charge in [0.1, 0.15) is 23.9 Å². The van der Waals surface area contributed by atoms with Gasteiger partial charge in [-0.1, -0.05) is 13.3 Å². The number of fused-ring (bicyclic) bond motifs is 2. The van der Waals surface area contributed by atoms with E-state index in [1.807, 2.05) is 19.4 Å². The summed E-state index contributed by atoms with van der Waals surface area (Å²) in [6.45, 7) is 4.15. The molecule has 6 rings (SSSR count). The second-order valence-corrected chi connectivity index (χ2v) is 10.0. The van der Waals surface area contributed by atoms with Gasteiger partial charge in [-0.05, 0) is 47.6 Å². The van der Waals surface area contributed by atoms with Gasteiger partial charge in [-0.15, -0.1) is 0 Å². The van der Waals surface area contributed by atoms with Crippen molar-refractivity contribution in [1.82, 2.24) is 19.7 Å². The van der Waals surface area contributed by atoms with Crippen LogP contribution in [0.15, 0.2) is 43.0 Å². The fraction of sp³-hybridized carbons (Fsp3) is 0.321. The first-order valence-corrected chi connectivity index (χ1v) is 12.8. The van der Waals surface area contributed by atoms with Gasteiger partial charge < -0.3 is 15.2 Å². The van der Waals surface area contributed by atoms with Crippen molar-refractivity contribution in [2.75, 3.05) is 23.4 Å². The predicted octanol–water partition coefficient (Wildman–Crippen LogP) is 4.73. The zero-order valence-electron chi connectivity index (χ0n) is 21.7. The molecule has 0 radical (unpaired) electrons. The lowest BCUT2D eigenvalue weighted by Crippen LogP contribution is -2.37. The molecule has 2 amide bonds. The monoisotopic (exact) mass is 530 g/mol. The average Bonchev–Trinajstić information content (AvgIpc) is 3.51. The number of hydrogen-bond donors (Lipinski definition) is 2. The first-order chi connectivity index (χ1) is 18.8. The summed E-state index contributed by atoms with van der Waals surface area (Å²) in [7, 11) is 1.86. The van der Waals surface area contributed by atoms with Crippen LogP contribution < -0.4 is 15.0 Å². The van der Waals surface area contributed by atoms with E-state index >= 15 is 4.39 Å². The predicted molar refractivity (Wildman–Crippen MR) is 142 cm³/mol. The number of carbonyl (C=O) groups is 2. The summed E-state index contributed by atoms with van der Waals surface area (Å²) >= 11 is 0. The maximum absolute atomic E-state index is 15.3. The molecule has 200 valence electrons. The minimum absolute atomic E-state index is 0.103. The van der Waals surface area contributed by atoms with E-state index in [-0.39, 0.29) is 48.3 Å². The molecule has 2 aliphatic rings. The van der Waals surface area contributed by atoms with Crippen molar-refractivity contribution >= 4 is 34.3 Å². The van der Waals surface area contributed by atoms with Gasteiger partial charge in [-0.3, -0.25) is 14.4 Å². The highest BCUT2D eigenvalue weighted by Gasteiger charge is 2.54. The summed E-state index contributed by atoms with van der Waals surface area (Å²) in [6.07, 6.45) is 6.53. The van der Waals surface area contributed by atoms with Crippen LogP contribution in [-0.4, -0.2) is 50.0 Å². The molecule has 1 aromatic carbocycles. The van der Waals surface area contributed by atoms with Crippen molar-refractivity contribution in [2.45, 2.75) is 26.2 Å². The normalized spacial score (nSPS) is 19.9. The van der Waals surface area contributed by atoms with Crippen molar-refractivity contribution in [3.05, 3.63) is 59.9 Å². The number of benzene rings is 1. The molecule has 0 bridgehead atoms. The second kappa shape index (κ2) is 9.33. The van der Waals surface area contributed by atoms with E-state index in [2.05, 4.69) is 27.3 Å². The van der Waals surface area contributed by atoms with Crippen LogP contribution in [0.1, 0.15) is 30.4 Å². The Labute approximate surface area is 223 Å². The van der Waals surface area contributed by atoms with Crippen molar-refractivity contribution in [3.8, 4) is 17.0 Å². The van der Waals surface area contributed by atoms with Crippen molar-refractivity contribution < 1.29 is 23.8 Å². The number of halogens is 1. The van der Waals surface area contributed by atoms with Crippen LogP contribution in [-0.2, 0) is 11.8 Å². The Morgan fingerprint density at radius 3 is 2.69 bits per heavy atom. The highest BCUT2D eigenvalue weighted by molar-refractivity contribution is 5.98. The number of amides is 2. The second-order valence-electron chi connectivity index (χ2n) is 10.0. The summed E-state index contributed by atoms with van der Waals surface area (Å²) in [5, 5.41) is 18.1. The number of pyridine rings is 2. The number of hydrogen-bond acceptors (Lipinski definition) is 6. The molecule has 3 aromatic heterocycles. The maximum Gasteiger partial charge on any atom is 0.412 e. The molecule has 0 saturated heterocycles. The van der Waals surface area contributed by atoms with Gasteiger partial charge >= 0.3 is 6.09 Å². The standard InChI is InChI=1S/C28H27FN6O4/c1-4-18-23(17-11-32-34(3)13-17)24(18)26(36)33-22-9-15-7-19(21(29)8-16(15)10-30-22)20-12-31-27-25(14(20)2)35(28(37)38)5-6-39-27/h7-13,18,23-24H,4-6H2,1-3H3,(H,37,38)(H,30,33,36)/t18-,23?,24-/m0/s1. The Kier molecular flexibility index (Phi) is 5.93. The number of aryl methyl sites for hydroxylation is 1. The lowest BCUT2D eigenvalue weighted by Gasteiger charge is -2.28. The summed E-state index contributed by atoms with van der Waals surface area (Å²) in [5.41, 5.74) is 2.63. The third-order valence-electron chi connectivity index (χ3n) is 7.73. The number of nitrogens with zero attached hydrogens (tertiary/aromatic N) is 5. The molecular formula is C28H27FN6O4. The van der Waals surface area contributed by atoms with E-state index < -0.39 is 11.9 Å². The number of ether oxygens (including phenoxy) is 1. The first kappa shape index (κ1) is 24.8. The molecule has 3 atom stereocenters. The highest BCUT2D eigenvalue weighted by atomic mass is 19.1. The SMILES string of the molecule is CC[C@H]1C(c2cnn(C)c2)[C@H]1C(=O)Nc1cc2cc(-c3cnc4c(c3C)N(C(=O)O)CCO4)c(F)cc2cn1. The van der Waals surface area contributed by atoms with Crippen LogP contribution in [0.4, 0.5) is 20.7 Å². The number of carbonyl (C=O) groups excluding carboxylic acids is 1. The molecule has 1 aliphatic heterocycles. The van der Waals surface area contributed by atoms with Crippen molar-refractivity contribution in [3.63, 3.8) is 0 Å². The smallest absolute Gasteiger partial charge is 0.412 e. The van der Waals surface area contributed by atoms with E-state index in [4.69, 9.17) is 4.74 Å². The Morgan fingerprint density at radius 2 is 1.97 bits per heavy atom. The number of nitrogens with one attached hydrogen (secondary N) is 1. The average molecular weight is 531 g/mol. The number of rotatable bonds is 5. The number of anilines is 2. The summed E-state index contributed by atoms with van der Waals surface area (Å²) < 4.78 is 22.6. The molecule has 1 saturated carbocycles. The number of carboxylic acid groups (broad SMARTS) is 1. The lowest BCUT2D eigenvalue weighted by atomic mass is 9.98. The van der Waals surface area contributed by atoms with E-state index in [9.17, 15) is 14.7 Å². The molecule has 4 aromatic rings. The van der Waals surface area contributed by atoms with Crippen molar-refractivity contribution in [2.24, 2.45) is 18.9 Å². The minimum Gasteiger partial charge on any atom is -0.474 e. The minimum atomic E-state index is -1.13. The molecule has 4 heterocycles. The highest BCUT2D eigenvalue weighted by Crippen LogP contribution is 2.56. The van der Waals surface area contributed by atoms with E-state index in [1.54, 1.807) is 23.7 Å². The molecule has 11 heteroatoms. The zero-order chi connectivity index (χ0) is 27.4. The molecule has 1 unspecified atom stereocenters. The number of aromatic nitrogens is 4. The van der Waals surface area contributed by atoms with Crippen LogP contribution >= 0.6 is 0 Å². The van der Waals surface area contributed by atoms with E-state index in [0.29, 0.717) is 33.4 Å². The molecule has 10 nitrogen and oxygen atoms in total. The van der Waals surface area contributed by atoms with Gasteiger partial charge in [0, 0.05) is 54.0 Å². The Bertz CT molecular complexity index is 1640. The van der Waals surface area contributed by atoms with E-state index in [0.717, 1.165) is 12.0 Å². The topological polar surface area (TPSA) is 122 Å². The molecule has 1 fully saturated rings. The summed E-state index contributed by atoms with van der Waals surface area (Å²) in [4.78, 5) is 34.8. The van der Waals surface area contributed by atoms with Gasteiger partial charge in [-0.25, -0.2) is 19.2 Å². The van der Waals surface area contributed by atoms with Crippen LogP contribution in [0.3, 0.4) is 0 Å². The van der Waals surface area contributed by atoms with Gasteiger partial charge in [0.05, 0.1) is 12.7 Å². The van der Waals surface area contributed by atoms with Crippen LogP contribution in [0.25, 0.3) is 21.9 Å². The Balaban J connectivity index is 1.31. The summed E-state index contributed by atoms with van der Waals surface area (Å²) in [5.74, 6) is 0.186. The van der Waals surface area contributed by atoms with E-state index in [1.165, 1.54) is 23.4 Å². The fourth-order valence-electron chi connectivity index (χ4n) is 5.76. The molecule has 2 N–H and O–H groups in total. The van der Waals surface area contributed by atoms with Crippen LogP contribution in [0, 0.1) is 24.6 Å². The van der Waals surface area contributed by atoms with Gasteiger partial charge in [-0.2, -0.15) is 5.10 Å². The molecular weight excluding hydrogens is 503 g/mol. The molecule has 1 aliphatic carbocycles.